The van der Waals surface area contributed by atoms with Crippen molar-refractivity contribution in [3.8, 4) is 11.5 Å². The van der Waals surface area contributed by atoms with Crippen molar-refractivity contribution in [1.82, 2.24) is 15.3 Å². The van der Waals surface area contributed by atoms with E-state index in [1.54, 1.807) is 30.5 Å². The molecule has 3 aromatic rings. The van der Waals surface area contributed by atoms with E-state index in [0.29, 0.717) is 30.6 Å². The van der Waals surface area contributed by atoms with Gasteiger partial charge in [0.05, 0.1) is 56.1 Å². The quantitative estimate of drug-likeness (QED) is 0.435. The zero-order chi connectivity index (χ0) is 25.5. The van der Waals surface area contributed by atoms with Crippen LogP contribution in [0.5, 0.6) is 11.5 Å². The van der Waals surface area contributed by atoms with Crippen molar-refractivity contribution < 1.29 is 23.8 Å². The highest BCUT2D eigenvalue weighted by atomic mass is 16.5. The maximum absolute atomic E-state index is 13.1. The second-order valence-electron chi connectivity index (χ2n) is 7.82. The van der Waals surface area contributed by atoms with Crippen molar-refractivity contribution in [1.29, 1.82) is 0 Å². The molecule has 4 rings (SSSR count). The van der Waals surface area contributed by atoms with Crippen LogP contribution in [-0.2, 0) is 4.74 Å². The topological polar surface area (TPSA) is 127 Å². The van der Waals surface area contributed by atoms with Crippen molar-refractivity contribution in [2.75, 3.05) is 63.1 Å². The van der Waals surface area contributed by atoms with Crippen LogP contribution in [0.3, 0.4) is 0 Å². The number of benzene rings is 1. The molecule has 0 unspecified atom stereocenters. The van der Waals surface area contributed by atoms with Crippen LogP contribution in [0.4, 0.5) is 23.0 Å². The molecule has 0 saturated carbocycles. The first kappa shape index (κ1) is 24.7. The van der Waals surface area contributed by atoms with Crippen molar-refractivity contribution in [3.63, 3.8) is 0 Å². The summed E-state index contributed by atoms with van der Waals surface area (Å²) in [5.74, 6) is 0.813. The molecule has 1 saturated heterocycles. The zero-order valence-electron chi connectivity index (χ0n) is 20.3. The summed E-state index contributed by atoms with van der Waals surface area (Å²) in [7, 11) is 4.45. The van der Waals surface area contributed by atoms with E-state index >= 15 is 0 Å². The van der Waals surface area contributed by atoms with Gasteiger partial charge in [-0.1, -0.05) is 6.07 Å². The van der Waals surface area contributed by atoms with E-state index in [1.165, 1.54) is 27.5 Å². The molecule has 3 heterocycles. The third-order valence-electron chi connectivity index (χ3n) is 5.65. The molecular formula is C25H28N6O5. The number of nitrogens with zero attached hydrogens (tertiary/aromatic N) is 3. The lowest BCUT2D eigenvalue weighted by molar-refractivity contribution is 0.0963. The van der Waals surface area contributed by atoms with Crippen LogP contribution >= 0.6 is 0 Å². The minimum absolute atomic E-state index is 0.203. The molecule has 188 valence electrons. The lowest BCUT2D eigenvalue weighted by Gasteiger charge is -2.28. The number of methoxy groups -OCH3 is 2. The Morgan fingerprint density at radius 3 is 2.39 bits per heavy atom. The Kier molecular flexibility index (Phi) is 7.81. The van der Waals surface area contributed by atoms with E-state index in [1.807, 2.05) is 12.1 Å². The monoisotopic (exact) mass is 492 g/mol. The van der Waals surface area contributed by atoms with Crippen LogP contribution in [0.25, 0.3) is 0 Å². The molecule has 1 aliphatic rings. The number of anilines is 4. The van der Waals surface area contributed by atoms with Gasteiger partial charge >= 0.3 is 0 Å². The number of para-hydroxylation sites is 1. The summed E-state index contributed by atoms with van der Waals surface area (Å²) in [6.07, 6.45) is 3.17. The largest absolute Gasteiger partial charge is 0.493 e. The van der Waals surface area contributed by atoms with Gasteiger partial charge in [0, 0.05) is 32.4 Å². The van der Waals surface area contributed by atoms with Gasteiger partial charge in [-0.2, -0.15) is 0 Å². The van der Waals surface area contributed by atoms with Gasteiger partial charge in [0.25, 0.3) is 11.8 Å². The Morgan fingerprint density at radius 1 is 0.944 bits per heavy atom. The highest BCUT2D eigenvalue weighted by molar-refractivity contribution is 6.10. The zero-order valence-corrected chi connectivity index (χ0v) is 20.3. The van der Waals surface area contributed by atoms with Crippen molar-refractivity contribution in [2.24, 2.45) is 0 Å². The predicted octanol–water partition coefficient (Wildman–Crippen LogP) is 2.69. The standard InChI is InChI=1S/C25H28N6O5/c1-26-24(32)18-15-28-22(30-21-8-7-16(14-27-21)31-9-11-36-12-10-31)13-19(18)29-25(33)17-5-4-6-20(34-2)23(17)35-3/h4-8,13-15H,9-12H2,1-3H3,(H,26,32)(H2,27,28,29,30,33). The summed E-state index contributed by atoms with van der Waals surface area (Å²) in [5, 5.41) is 8.47. The first-order chi connectivity index (χ1) is 17.5. The summed E-state index contributed by atoms with van der Waals surface area (Å²) in [6.45, 7) is 3.02. The number of pyridine rings is 2. The highest BCUT2D eigenvalue weighted by Gasteiger charge is 2.20. The minimum atomic E-state index is -0.471. The number of hydrogen-bond donors (Lipinski definition) is 3. The summed E-state index contributed by atoms with van der Waals surface area (Å²) < 4.78 is 16.1. The van der Waals surface area contributed by atoms with Crippen LogP contribution < -0.4 is 30.3 Å². The Balaban J connectivity index is 1.57. The number of carbonyl (C=O) groups is 2. The number of hydrogen-bond acceptors (Lipinski definition) is 9. The second-order valence-corrected chi connectivity index (χ2v) is 7.82. The van der Waals surface area contributed by atoms with Crippen molar-refractivity contribution in [3.05, 3.63) is 59.9 Å². The third kappa shape index (κ3) is 5.47. The van der Waals surface area contributed by atoms with Gasteiger partial charge in [-0.15, -0.1) is 0 Å². The smallest absolute Gasteiger partial charge is 0.259 e. The normalized spacial score (nSPS) is 13.0. The van der Waals surface area contributed by atoms with Gasteiger partial charge < -0.3 is 35.1 Å². The molecule has 2 aromatic heterocycles. The van der Waals surface area contributed by atoms with Crippen LogP contribution in [0.1, 0.15) is 20.7 Å². The summed E-state index contributed by atoms with van der Waals surface area (Å²) in [5.41, 5.74) is 1.74. The number of rotatable bonds is 8. The fraction of sp³-hybridized carbons (Fsp3) is 0.280. The summed E-state index contributed by atoms with van der Waals surface area (Å²) >= 11 is 0. The van der Waals surface area contributed by atoms with E-state index < -0.39 is 11.8 Å². The molecule has 36 heavy (non-hydrogen) atoms. The number of aromatic nitrogens is 2. The summed E-state index contributed by atoms with van der Waals surface area (Å²) in [4.78, 5) is 36.6. The SMILES string of the molecule is CNC(=O)c1cnc(Nc2ccc(N3CCOCC3)cn2)cc1NC(=O)c1cccc(OC)c1OC. The lowest BCUT2D eigenvalue weighted by Crippen LogP contribution is -2.36. The predicted molar refractivity (Wildman–Crippen MR) is 136 cm³/mol. The van der Waals surface area contributed by atoms with Gasteiger partial charge in [-0.3, -0.25) is 9.59 Å². The number of morpholine rings is 1. The average Bonchev–Trinajstić information content (AvgIpc) is 2.93. The minimum Gasteiger partial charge on any atom is -0.493 e. The van der Waals surface area contributed by atoms with Crippen molar-refractivity contribution in [2.45, 2.75) is 0 Å². The lowest BCUT2D eigenvalue weighted by atomic mass is 10.1. The highest BCUT2D eigenvalue weighted by Crippen LogP contribution is 2.32. The number of carbonyl (C=O) groups excluding carboxylic acids is 2. The van der Waals surface area contributed by atoms with Crippen LogP contribution in [0.15, 0.2) is 48.8 Å². The third-order valence-corrected chi connectivity index (χ3v) is 5.65. The van der Waals surface area contributed by atoms with Gasteiger partial charge in [-0.25, -0.2) is 9.97 Å². The molecule has 11 heteroatoms. The molecule has 0 aliphatic carbocycles. The molecule has 3 N–H and O–H groups in total. The maximum Gasteiger partial charge on any atom is 0.259 e. The van der Waals surface area contributed by atoms with Gasteiger partial charge in [0.15, 0.2) is 11.5 Å². The van der Waals surface area contributed by atoms with Gasteiger partial charge in [0.1, 0.15) is 11.6 Å². The number of ether oxygens (including phenoxy) is 3. The Morgan fingerprint density at radius 2 is 1.72 bits per heavy atom. The fourth-order valence-electron chi connectivity index (χ4n) is 3.80. The number of amides is 2. The molecule has 0 atom stereocenters. The van der Waals surface area contributed by atoms with Gasteiger partial charge in [-0.05, 0) is 24.3 Å². The molecule has 1 fully saturated rings. The molecule has 11 nitrogen and oxygen atoms in total. The van der Waals surface area contributed by atoms with E-state index in [9.17, 15) is 9.59 Å². The Hall–Kier alpha value is -4.38. The van der Waals surface area contributed by atoms with Crippen LogP contribution in [-0.4, -0.2) is 69.4 Å². The Bertz CT molecular complexity index is 1230. The molecule has 0 bridgehead atoms. The van der Waals surface area contributed by atoms with Crippen molar-refractivity contribution >= 4 is 34.8 Å². The number of nitrogens with one attached hydrogen (secondary N) is 3. The molecule has 1 aliphatic heterocycles. The summed E-state index contributed by atoms with van der Waals surface area (Å²) in [6, 6.07) is 10.4. The molecular weight excluding hydrogens is 464 g/mol. The van der Waals surface area contributed by atoms with E-state index in [4.69, 9.17) is 14.2 Å². The van der Waals surface area contributed by atoms with Gasteiger partial charge in [0.2, 0.25) is 0 Å². The Labute approximate surface area is 208 Å². The first-order valence-electron chi connectivity index (χ1n) is 11.3. The van der Waals surface area contributed by atoms with E-state index in [-0.39, 0.29) is 22.6 Å². The van der Waals surface area contributed by atoms with Crippen LogP contribution in [0, 0.1) is 0 Å². The second kappa shape index (κ2) is 11.4. The van der Waals surface area contributed by atoms with E-state index in [2.05, 4.69) is 30.8 Å². The average molecular weight is 493 g/mol. The molecule has 0 radical (unpaired) electrons. The van der Waals surface area contributed by atoms with Crippen LogP contribution in [0.2, 0.25) is 0 Å². The fourth-order valence-corrected chi connectivity index (χ4v) is 3.80. The molecule has 1 aromatic carbocycles. The maximum atomic E-state index is 13.1. The molecule has 0 spiro atoms. The van der Waals surface area contributed by atoms with E-state index in [0.717, 1.165) is 18.8 Å². The first-order valence-corrected chi connectivity index (χ1v) is 11.3. The molecule has 2 amide bonds.